The van der Waals surface area contributed by atoms with Crippen LogP contribution in [0.5, 0.6) is 0 Å². The van der Waals surface area contributed by atoms with Gasteiger partial charge in [0.15, 0.2) is 0 Å². The van der Waals surface area contributed by atoms with Gasteiger partial charge in [-0.15, -0.1) is 0 Å². The number of rotatable bonds is 3. The zero-order chi connectivity index (χ0) is 14.2. The number of nitrogen functional groups attached to an aromatic ring is 1. The molecule has 0 aromatic heterocycles. The van der Waals surface area contributed by atoms with Gasteiger partial charge in [-0.05, 0) is 49.3 Å². The van der Waals surface area contributed by atoms with Gasteiger partial charge in [-0.25, -0.2) is 13.1 Å². The Balaban J connectivity index is 2.23. The largest absolute Gasteiger partial charge is 0.398 e. The van der Waals surface area contributed by atoms with Crippen LogP contribution >= 0.6 is 0 Å². The maximum Gasteiger partial charge on any atom is 0.242 e. The van der Waals surface area contributed by atoms with Crippen molar-refractivity contribution in [2.75, 3.05) is 5.73 Å². The molecule has 3 atom stereocenters. The minimum atomic E-state index is -3.52. The first-order chi connectivity index (χ1) is 8.81. The zero-order valence-corrected chi connectivity index (χ0v) is 12.5. The molecule has 0 radical (unpaired) electrons. The summed E-state index contributed by atoms with van der Waals surface area (Å²) in [7, 11) is -3.52. The van der Waals surface area contributed by atoms with Gasteiger partial charge in [0.2, 0.25) is 10.0 Å². The molecule has 19 heavy (non-hydrogen) atoms. The van der Waals surface area contributed by atoms with Gasteiger partial charge in [0.1, 0.15) is 4.90 Å². The Morgan fingerprint density at radius 1 is 1.26 bits per heavy atom. The fraction of sp³-hybridized carbons (Fsp3) is 0.571. The van der Waals surface area contributed by atoms with Crippen molar-refractivity contribution in [3.63, 3.8) is 0 Å². The number of benzene rings is 1. The predicted molar refractivity (Wildman–Crippen MR) is 77.3 cm³/mol. The smallest absolute Gasteiger partial charge is 0.242 e. The Labute approximate surface area is 115 Å². The standard InChI is InChI=1S/C14H22N2O2S/c1-9-4-7-14(12(15)8-9)19(17,18)16-13-6-5-10(2)11(13)3/h4,7-8,10-11,13,16H,5-6,15H2,1-3H3. The van der Waals surface area contributed by atoms with Crippen molar-refractivity contribution in [3.05, 3.63) is 23.8 Å². The lowest BCUT2D eigenvalue weighted by molar-refractivity contribution is 0.402. The molecule has 1 aliphatic rings. The van der Waals surface area contributed by atoms with E-state index in [9.17, 15) is 8.42 Å². The molecule has 3 N–H and O–H groups in total. The second-order valence-electron chi connectivity index (χ2n) is 5.68. The SMILES string of the molecule is Cc1ccc(S(=O)(=O)NC2CCC(C)C2C)c(N)c1. The summed E-state index contributed by atoms with van der Waals surface area (Å²) in [5.74, 6) is 0.921. The predicted octanol–water partition coefficient (Wildman–Crippen LogP) is 2.29. The Bertz CT molecular complexity index is 569. The summed E-state index contributed by atoms with van der Waals surface area (Å²) in [5.41, 5.74) is 7.09. The number of hydrogen-bond acceptors (Lipinski definition) is 3. The van der Waals surface area contributed by atoms with Crippen LogP contribution in [-0.2, 0) is 10.0 Å². The monoisotopic (exact) mass is 282 g/mol. The molecular weight excluding hydrogens is 260 g/mol. The lowest BCUT2D eigenvalue weighted by atomic mass is 9.98. The average molecular weight is 282 g/mol. The molecule has 1 fully saturated rings. The summed E-state index contributed by atoms with van der Waals surface area (Å²) >= 11 is 0. The second-order valence-corrected chi connectivity index (χ2v) is 7.37. The highest BCUT2D eigenvalue weighted by atomic mass is 32.2. The minimum absolute atomic E-state index is 0.0145. The fourth-order valence-corrected chi connectivity index (χ4v) is 4.18. The first kappa shape index (κ1) is 14.3. The van der Waals surface area contributed by atoms with Crippen LogP contribution in [0.25, 0.3) is 0 Å². The lowest BCUT2D eigenvalue weighted by Gasteiger charge is -2.20. The van der Waals surface area contributed by atoms with E-state index in [1.165, 1.54) is 0 Å². The van der Waals surface area contributed by atoms with Crippen molar-refractivity contribution < 1.29 is 8.42 Å². The second kappa shape index (κ2) is 5.13. The van der Waals surface area contributed by atoms with Crippen LogP contribution in [0.15, 0.2) is 23.1 Å². The third kappa shape index (κ3) is 2.92. The molecule has 106 valence electrons. The van der Waals surface area contributed by atoms with Gasteiger partial charge in [0, 0.05) is 6.04 Å². The van der Waals surface area contributed by atoms with Gasteiger partial charge in [-0.1, -0.05) is 19.9 Å². The highest BCUT2D eigenvalue weighted by molar-refractivity contribution is 7.89. The van der Waals surface area contributed by atoms with Crippen molar-refractivity contribution in [2.24, 2.45) is 11.8 Å². The van der Waals surface area contributed by atoms with E-state index in [0.717, 1.165) is 18.4 Å². The van der Waals surface area contributed by atoms with Crippen molar-refractivity contribution >= 4 is 15.7 Å². The van der Waals surface area contributed by atoms with Crippen LogP contribution in [0.3, 0.4) is 0 Å². The Morgan fingerprint density at radius 3 is 2.47 bits per heavy atom. The number of nitrogens with two attached hydrogens (primary N) is 1. The molecule has 0 saturated heterocycles. The molecule has 0 heterocycles. The number of hydrogen-bond donors (Lipinski definition) is 2. The maximum atomic E-state index is 12.4. The van der Waals surface area contributed by atoms with Gasteiger partial charge in [-0.2, -0.15) is 0 Å². The Kier molecular flexibility index (Phi) is 3.87. The molecule has 0 spiro atoms. The molecule has 1 aromatic carbocycles. The van der Waals surface area contributed by atoms with E-state index in [2.05, 4.69) is 18.6 Å². The van der Waals surface area contributed by atoms with Gasteiger partial charge in [-0.3, -0.25) is 0 Å². The molecule has 0 amide bonds. The van der Waals surface area contributed by atoms with E-state index >= 15 is 0 Å². The van der Waals surface area contributed by atoms with E-state index in [-0.39, 0.29) is 10.9 Å². The molecule has 0 bridgehead atoms. The first-order valence-electron chi connectivity index (χ1n) is 6.69. The highest BCUT2D eigenvalue weighted by Gasteiger charge is 2.33. The molecule has 0 aliphatic heterocycles. The fourth-order valence-electron chi connectivity index (χ4n) is 2.71. The van der Waals surface area contributed by atoms with E-state index in [1.807, 2.05) is 6.92 Å². The Hall–Kier alpha value is -1.07. The number of aryl methyl sites for hydroxylation is 1. The molecule has 5 heteroatoms. The van der Waals surface area contributed by atoms with Crippen molar-refractivity contribution in [1.82, 2.24) is 4.72 Å². The van der Waals surface area contributed by atoms with Crippen molar-refractivity contribution in [2.45, 2.75) is 44.6 Å². The first-order valence-corrected chi connectivity index (χ1v) is 8.18. The van der Waals surface area contributed by atoms with E-state index < -0.39 is 10.0 Å². The van der Waals surface area contributed by atoms with Crippen LogP contribution in [0, 0.1) is 18.8 Å². The van der Waals surface area contributed by atoms with Gasteiger partial charge in [0.05, 0.1) is 5.69 Å². The molecule has 1 aromatic rings. The summed E-state index contributed by atoms with van der Waals surface area (Å²) in [6, 6.07) is 5.05. The number of nitrogens with one attached hydrogen (secondary N) is 1. The third-order valence-corrected chi connectivity index (χ3v) is 5.79. The summed E-state index contributed by atoms with van der Waals surface area (Å²) in [6.07, 6.45) is 1.96. The molecule has 2 rings (SSSR count). The maximum absolute atomic E-state index is 12.4. The number of sulfonamides is 1. The van der Waals surface area contributed by atoms with E-state index in [4.69, 9.17) is 5.73 Å². The highest BCUT2D eigenvalue weighted by Crippen LogP contribution is 2.32. The van der Waals surface area contributed by atoms with Crippen LogP contribution in [0.4, 0.5) is 5.69 Å². The minimum Gasteiger partial charge on any atom is -0.398 e. The molecule has 3 unspecified atom stereocenters. The molecule has 4 nitrogen and oxygen atoms in total. The lowest BCUT2D eigenvalue weighted by Crippen LogP contribution is -2.37. The van der Waals surface area contributed by atoms with Crippen molar-refractivity contribution in [1.29, 1.82) is 0 Å². The normalized spacial score (nSPS) is 27.6. The summed E-state index contributed by atoms with van der Waals surface area (Å²) in [4.78, 5) is 0.185. The van der Waals surface area contributed by atoms with Gasteiger partial charge >= 0.3 is 0 Å². The quantitative estimate of drug-likeness (QED) is 0.835. The summed E-state index contributed by atoms with van der Waals surface area (Å²) in [6.45, 7) is 6.16. The van der Waals surface area contributed by atoms with E-state index in [1.54, 1.807) is 18.2 Å². The molecular formula is C14H22N2O2S. The summed E-state index contributed by atoms with van der Waals surface area (Å²) in [5, 5.41) is 0. The van der Waals surface area contributed by atoms with Crippen LogP contribution in [-0.4, -0.2) is 14.5 Å². The average Bonchev–Trinajstić information content (AvgIpc) is 2.60. The third-order valence-electron chi connectivity index (χ3n) is 4.23. The van der Waals surface area contributed by atoms with Gasteiger partial charge < -0.3 is 5.73 Å². The molecule has 1 aliphatic carbocycles. The van der Waals surface area contributed by atoms with Crippen LogP contribution < -0.4 is 10.5 Å². The number of anilines is 1. The van der Waals surface area contributed by atoms with Crippen LogP contribution in [0.1, 0.15) is 32.3 Å². The zero-order valence-electron chi connectivity index (χ0n) is 11.7. The van der Waals surface area contributed by atoms with Gasteiger partial charge in [0.25, 0.3) is 0 Å². The summed E-state index contributed by atoms with van der Waals surface area (Å²) < 4.78 is 27.6. The van der Waals surface area contributed by atoms with E-state index in [0.29, 0.717) is 17.5 Å². The van der Waals surface area contributed by atoms with Crippen molar-refractivity contribution in [3.8, 4) is 0 Å². The topological polar surface area (TPSA) is 72.2 Å². The van der Waals surface area contributed by atoms with Crippen LogP contribution in [0.2, 0.25) is 0 Å². The molecule has 1 saturated carbocycles. The Morgan fingerprint density at radius 2 is 1.95 bits per heavy atom.